The van der Waals surface area contributed by atoms with E-state index in [0.717, 1.165) is 43.5 Å². The molecule has 5 nitrogen and oxygen atoms in total. The summed E-state index contributed by atoms with van der Waals surface area (Å²) in [6.45, 7) is 9.13. The van der Waals surface area contributed by atoms with Gasteiger partial charge in [0, 0.05) is 19.2 Å². The van der Waals surface area contributed by atoms with Crippen LogP contribution in [0.5, 0.6) is 0 Å². The summed E-state index contributed by atoms with van der Waals surface area (Å²) < 4.78 is 0. The smallest absolute Gasteiger partial charge is 0.131 e. The maximum Gasteiger partial charge on any atom is 0.131 e. The molecule has 0 saturated carbocycles. The molecule has 0 amide bonds. The molecule has 102 valence electrons. The zero-order valence-corrected chi connectivity index (χ0v) is 11.9. The minimum Gasteiger partial charge on any atom is -0.370 e. The molecule has 0 saturated heterocycles. The molecule has 0 aliphatic carbocycles. The molecule has 1 rings (SSSR count). The lowest BCUT2D eigenvalue weighted by Crippen LogP contribution is -2.14. The van der Waals surface area contributed by atoms with Gasteiger partial charge in [-0.2, -0.15) is 0 Å². The highest BCUT2D eigenvalue weighted by Crippen LogP contribution is 2.11. The molecule has 0 spiro atoms. The van der Waals surface area contributed by atoms with Crippen molar-refractivity contribution in [3.05, 3.63) is 11.9 Å². The molecule has 0 bridgehead atoms. The van der Waals surface area contributed by atoms with E-state index in [1.807, 2.05) is 20.0 Å². The van der Waals surface area contributed by atoms with Gasteiger partial charge in [0.15, 0.2) is 0 Å². The molecule has 0 unspecified atom stereocenters. The Bertz CT molecular complexity index is 351. The second-order valence-corrected chi connectivity index (χ2v) is 4.84. The first-order valence-corrected chi connectivity index (χ1v) is 6.60. The average Bonchev–Trinajstić information content (AvgIpc) is 2.32. The highest BCUT2D eigenvalue weighted by atomic mass is 15.1. The van der Waals surface area contributed by atoms with Gasteiger partial charge in [-0.25, -0.2) is 9.97 Å². The van der Waals surface area contributed by atoms with Crippen LogP contribution in [0.25, 0.3) is 0 Å². The second-order valence-electron chi connectivity index (χ2n) is 4.84. The van der Waals surface area contributed by atoms with Gasteiger partial charge < -0.3 is 16.0 Å². The standard InChI is InChI=1S/C13H25N5/c1-10(2)9-16-13-8-12(17-11(3)18-13)15-7-5-6-14-4/h8,10,14H,5-7,9H2,1-4H3,(H2,15,16,17,18). The largest absolute Gasteiger partial charge is 0.370 e. The van der Waals surface area contributed by atoms with Crippen LogP contribution >= 0.6 is 0 Å². The zero-order valence-electron chi connectivity index (χ0n) is 11.9. The lowest BCUT2D eigenvalue weighted by Gasteiger charge is -2.11. The average molecular weight is 251 g/mol. The number of nitrogens with one attached hydrogen (secondary N) is 3. The van der Waals surface area contributed by atoms with Crippen LogP contribution in [0.4, 0.5) is 11.6 Å². The van der Waals surface area contributed by atoms with E-state index in [4.69, 9.17) is 0 Å². The fraction of sp³-hybridized carbons (Fsp3) is 0.692. The molecule has 0 aliphatic heterocycles. The molecule has 0 aromatic carbocycles. The fourth-order valence-electron chi connectivity index (χ4n) is 1.54. The van der Waals surface area contributed by atoms with Crippen LogP contribution in [-0.2, 0) is 0 Å². The minimum absolute atomic E-state index is 0.604. The van der Waals surface area contributed by atoms with Crippen molar-refractivity contribution in [2.24, 2.45) is 5.92 Å². The maximum atomic E-state index is 4.38. The summed E-state index contributed by atoms with van der Waals surface area (Å²) in [5.41, 5.74) is 0. The minimum atomic E-state index is 0.604. The number of hydrogen-bond acceptors (Lipinski definition) is 5. The number of hydrogen-bond donors (Lipinski definition) is 3. The van der Waals surface area contributed by atoms with Gasteiger partial charge in [0.05, 0.1) is 0 Å². The van der Waals surface area contributed by atoms with Crippen molar-refractivity contribution in [3.8, 4) is 0 Å². The Hall–Kier alpha value is -1.36. The van der Waals surface area contributed by atoms with E-state index in [1.54, 1.807) is 0 Å². The van der Waals surface area contributed by atoms with Gasteiger partial charge in [0.2, 0.25) is 0 Å². The van der Waals surface area contributed by atoms with Crippen molar-refractivity contribution in [1.29, 1.82) is 0 Å². The molecule has 1 aromatic heterocycles. The molecule has 0 fully saturated rings. The van der Waals surface area contributed by atoms with E-state index in [-0.39, 0.29) is 0 Å². The van der Waals surface area contributed by atoms with E-state index in [2.05, 4.69) is 39.8 Å². The second kappa shape index (κ2) is 7.87. The van der Waals surface area contributed by atoms with E-state index in [9.17, 15) is 0 Å². The zero-order chi connectivity index (χ0) is 13.4. The first kappa shape index (κ1) is 14.7. The first-order chi connectivity index (χ1) is 8.61. The normalized spacial score (nSPS) is 10.7. The van der Waals surface area contributed by atoms with Gasteiger partial charge in [-0.3, -0.25) is 0 Å². The third-order valence-electron chi connectivity index (χ3n) is 2.44. The first-order valence-electron chi connectivity index (χ1n) is 6.60. The third-order valence-corrected chi connectivity index (χ3v) is 2.44. The predicted octanol–water partition coefficient (Wildman–Crippen LogP) is 1.87. The summed E-state index contributed by atoms with van der Waals surface area (Å²) in [4.78, 5) is 8.75. The molecular weight excluding hydrogens is 226 g/mol. The van der Waals surface area contributed by atoms with Crippen LogP contribution < -0.4 is 16.0 Å². The van der Waals surface area contributed by atoms with Crippen molar-refractivity contribution in [2.75, 3.05) is 37.3 Å². The Labute approximate surface area is 110 Å². The summed E-state index contributed by atoms with van der Waals surface area (Å²) >= 11 is 0. The summed E-state index contributed by atoms with van der Waals surface area (Å²) in [5.74, 6) is 3.18. The highest BCUT2D eigenvalue weighted by Gasteiger charge is 2.02. The summed E-state index contributed by atoms with van der Waals surface area (Å²) in [5, 5.41) is 9.77. The molecule has 0 atom stereocenters. The van der Waals surface area contributed by atoms with E-state index >= 15 is 0 Å². The Morgan fingerprint density at radius 3 is 2.39 bits per heavy atom. The van der Waals surface area contributed by atoms with E-state index < -0.39 is 0 Å². The number of rotatable bonds is 8. The van der Waals surface area contributed by atoms with Gasteiger partial charge in [0.25, 0.3) is 0 Å². The van der Waals surface area contributed by atoms with Crippen LogP contribution in [-0.4, -0.2) is 36.6 Å². The predicted molar refractivity (Wildman–Crippen MR) is 77.1 cm³/mol. The molecule has 5 heteroatoms. The van der Waals surface area contributed by atoms with Crippen LogP contribution in [0.15, 0.2) is 6.07 Å². The van der Waals surface area contributed by atoms with Crippen molar-refractivity contribution >= 4 is 11.6 Å². The Balaban J connectivity index is 2.51. The van der Waals surface area contributed by atoms with Crippen LogP contribution in [0.2, 0.25) is 0 Å². The molecule has 1 heterocycles. The summed E-state index contributed by atoms with van der Waals surface area (Å²) in [7, 11) is 1.96. The molecule has 1 aromatic rings. The Kier molecular flexibility index (Phi) is 6.43. The quantitative estimate of drug-likeness (QED) is 0.616. The van der Waals surface area contributed by atoms with E-state index in [0.29, 0.717) is 5.92 Å². The highest BCUT2D eigenvalue weighted by molar-refractivity contribution is 5.47. The van der Waals surface area contributed by atoms with Gasteiger partial charge in [-0.15, -0.1) is 0 Å². The van der Waals surface area contributed by atoms with Crippen LogP contribution in [0.1, 0.15) is 26.1 Å². The SMILES string of the molecule is CNCCCNc1cc(NCC(C)C)nc(C)n1. The van der Waals surface area contributed by atoms with Gasteiger partial charge in [-0.05, 0) is 32.9 Å². The lowest BCUT2D eigenvalue weighted by molar-refractivity contribution is 0.686. The van der Waals surface area contributed by atoms with Gasteiger partial charge in [0.1, 0.15) is 17.5 Å². The number of aromatic nitrogens is 2. The van der Waals surface area contributed by atoms with Crippen molar-refractivity contribution in [1.82, 2.24) is 15.3 Å². The number of anilines is 2. The maximum absolute atomic E-state index is 4.38. The fourth-order valence-corrected chi connectivity index (χ4v) is 1.54. The van der Waals surface area contributed by atoms with Crippen molar-refractivity contribution < 1.29 is 0 Å². The van der Waals surface area contributed by atoms with Crippen LogP contribution in [0.3, 0.4) is 0 Å². The number of aryl methyl sites for hydroxylation is 1. The monoisotopic (exact) mass is 251 g/mol. The van der Waals surface area contributed by atoms with Gasteiger partial charge in [-0.1, -0.05) is 13.8 Å². The Morgan fingerprint density at radius 2 is 1.78 bits per heavy atom. The molecular formula is C13H25N5. The third kappa shape index (κ3) is 5.82. The summed E-state index contributed by atoms with van der Waals surface area (Å²) in [6, 6.07) is 1.97. The summed E-state index contributed by atoms with van der Waals surface area (Å²) in [6.07, 6.45) is 1.08. The number of nitrogens with zero attached hydrogens (tertiary/aromatic N) is 2. The molecule has 0 radical (unpaired) electrons. The van der Waals surface area contributed by atoms with Crippen molar-refractivity contribution in [2.45, 2.75) is 27.2 Å². The van der Waals surface area contributed by atoms with E-state index in [1.165, 1.54) is 0 Å². The van der Waals surface area contributed by atoms with Crippen LogP contribution in [0, 0.1) is 12.8 Å². The topological polar surface area (TPSA) is 61.9 Å². The van der Waals surface area contributed by atoms with Crippen molar-refractivity contribution in [3.63, 3.8) is 0 Å². The van der Waals surface area contributed by atoms with Gasteiger partial charge >= 0.3 is 0 Å². The molecule has 0 aliphatic rings. The Morgan fingerprint density at radius 1 is 1.11 bits per heavy atom. The molecule has 18 heavy (non-hydrogen) atoms. The lowest BCUT2D eigenvalue weighted by atomic mass is 10.2. The molecule has 3 N–H and O–H groups in total.